The first-order valence-electron chi connectivity index (χ1n) is 10.6. The number of halogens is 1. The minimum Gasteiger partial charge on any atom is -0.331 e. The van der Waals surface area contributed by atoms with Crippen molar-refractivity contribution in [1.82, 2.24) is 9.21 Å². The fourth-order valence-corrected chi connectivity index (χ4v) is 5.48. The summed E-state index contributed by atoms with van der Waals surface area (Å²) in [5, 5.41) is 0.705. The van der Waals surface area contributed by atoms with Crippen LogP contribution in [0.1, 0.15) is 57.6 Å². The normalized spacial score (nSPS) is 27.1. The van der Waals surface area contributed by atoms with Gasteiger partial charge in [-0.2, -0.15) is 0 Å². The van der Waals surface area contributed by atoms with Crippen LogP contribution in [0.25, 0.3) is 0 Å². The molecule has 1 heterocycles. The maximum atomic E-state index is 13.9. The molecule has 0 aromatic heterocycles. The minimum absolute atomic E-state index is 0.0345. The van der Waals surface area contributed by atoms with Crippen molar-refractivity contribution < 1.29 is 9.00 Å². The number of benzene rings is 1. The van der Waals surface area contributed by atoms with Gasteiger partial charge in [0.2, 0.25) is 5.91 Å². The topological polar surface area (TPSA) is 40.6 Å². The third-order valence-corrected chi connectivity index (χ3v) is 7.92. The highest BCUT2D eigenvalue weighted by molar-refractivity contribution is 7.81. The Morgan fingerprint density at radius 1 is 1.34 bits per heavy atom. The first-order chi connectivity index (χ1) is 13.8. The van der Waals surface area contributed by atoms with E-state index in [0.29, 0.717) is 30.5 Å². The average Bonchev–Trinajstić information content (AvgIpc) is 3.51. The van der Waals surface area contributed by atoms with Gasteiger partial charge in [-0.25, -0.2) is 8.51 Å². The van der Waals surface area contributed by atoms with E-state index in [0.717, 1.165) is 31.2 Å². The molecule has 1 aliphatic carbocycles. The second-order valence-corrected chi connectivity index (χ2v) is 10.5. The molecule has 1 aromatic carbocycles. The standard InChI is InChI=1S/C23H33ClN2O2S/c1-5-14-23(3)15-13-20(17-9-11-19(24)12-10-17)26(22(23)27)21(18-7-8-18)16-25(6-2)29(4)28/h5,9-12,18,20-21H,1,6-8,13-16H2,2-4H3/t20-,21?,23-,29?/m0/s1. The monoisotopic (exact) mass is 436 g/mol. The van der Waals surface area contributed by atoms with Crippen LogP contribution in [-0.2, 0) is 15.8 Å². The maximum absolute atomic E-state index is 13.9. The summed E-state index contributed by atoms with van der Waals surface area (Å²) < 4.78 is 14.2. The molecule has 0 N–H and O–H groups in total. The molecule has 2 aliphatic rings. The molecule has 3 rings (SSSR count). The molecule has 29 heavy (non-hydrogen) atoms. The van der Waals surface area contributed by atoms with E-state index < -0.39 is 16.4 Å². The number of rotatable bonds is 9. The number of carbonyl (C=O) groups excluding carboxylic acids is 1. The van der Waals surface area contributed by atoms with Crippen LogP contribution in [0.15, 0.2) is 36.9 Å². The Morgan fingerprint density at radius 3 is 2.52 bits per heavy atom. The van der Waals surface area contributed by atoms with Gasteiger partial charge in [0, 0.05) is 30.4 Å². The Bertz CT molecular complexity index is 765. The quantitative estimate of drug-likeness (QED) is 0.512. The molecule has 4 nitrogen and oxygen atoms in total. The van der Waals surface area contributed by atoms with Crippen molar-refractivity contribution in [1.29, 1.82) is 0 Å². The summed E-state index contributed by atoms with van der Waals surface area (Å²) >= 11 is 6.12. The van der Waals surface area contributed by atoms with Crippen molar-refractivity contribution in [3.05, 3.63) is 47.5 Å². The van der Waals surface area contributed by atoms with E-state index in [9.17, 15) is 9.00 Å². The molecule has 1 saturated carbocycles. The summed E-state index contributed by atoms with van der Waals surface area (Å²) in [6, 6.07) is 8.01. The van der Waals surface area contributed by atoms with E-state index in [1.165, 1.54) is 0 Å². The highest BCUT2D eigenvalue weighted by Crippen LogP contribution is 2.48. The largest absolute Gasteiger partial charge is 0.331 e. The lowest BCUT2D eigenvalue weighted by molar-refractivity contribution is -0.153. The number of likely N-dealkylation sites (N-methyl/N-ethyl adjacent to an activating group) is 1. The third-order valence-electron chi connectivity index (χ3n) is 6.54. The van der Waals surface area contributed by atoms with Crippen molar-refractivity contribution in [3.63, 3.8) is 0 Å². The van der Waals surface area contributed by atoms with Gasteiger partial charge in [0.15, 0.2) is 0 Å². The van der Waals surface area contributed by atoms with Crippen molar-refractivity contribution in [2.24, 2.45) is 11.3 Å². The van der Waals surface area contributed by atoms with Crippen LogP contribution < -0.4 is 0 Å². The number of hydrogen-bond acceptors (Lipinski definition) is 2. The summed E-state index contributed by atoms with van der Waals surface area (Å²) in [7, 11) is -1.05. The van der Waals surface area contributed by atoms with Crippen molar-refractivity contribution >= 4 is 28.5 Å². The molecule has 2 fully saturated rings. The molecule has 1 aliphatic heterocycles. The zero-order valence-electron chi connectivity index (χ0n) is 17.8. The van der Waals surface area contributed by atoms with E-state index >= 15 is 0 Å². The zero-order valence-corrected chi connectivity index (χ0v) is 19.3. The molecule has 1 amide bonds. The highest BCUT2D eigenvalue weighted by Gasteiger charge is 2.49. The molecule has 0 spiro atoms. The van der Waals surface area contributed by atoms with E-state index in [2.05, 4.69) is 18.4 Å². The lowest BCUT2D eigenvalue weighted by Crippen LogP contribution is -2.56. The molecule has 1 saturated heterocycles. The Morgan fingerprint density at radius 2 is 2.00 bits per heavy atom. The number of allylic oxidation sites excluding steroid dienone is 1. The molecule has 0 radical (unpaired) electrons. The van der Waals surface area contributed by atoms with Crippen LogP contribution in [-0.4, -0.2) is 44.7 Å². The first-order valence-corrected chi connectivity index (χ1v) is 12.5. The number of hydrogen-bond donors (Lipinski definition) is 0. The summed E-state index contributed by atoms with van der Waals surface area (Å²) in [4.78, 5) is 16.0. The Kier molecular flexibility index (Phi) is 7.23. The van der Waals surface area contributed by atoms with Gasteiger partial charge >= 0.3 is 0 Å². The third kappa shape index (κ3) is 4.95. The number of carbonyl (C=O) groups is 1. The maximum Gasteiger partial charge on any atom is 0.229 e. The Balaban J connectivity index is 1.99. The van der Waals surface area contributed by atoms with Gasteiger partial charge in [0.1, 0.15) is 0 Å². The van der Waals surface area contributed by atoms with Gasteiger partial charge in [-0.05, 0) is 55.7 Å². The van der Waals surface area contributed by atoms with Crippen molar-refractivity contribution in [2.75, 3.05) is 19.3 Å². The van der Waals surface area contributed by atoms with Gasteiger partial charge in [0.25, 0.3) is 0 Å². The predicted molar refractivity (Wildman–Crippen MR) is 121 cm³/mol. The van der Waals surface area contributed by atoms with Crippen LogP contribution >= 0.6 is 11.6 Å². The molecular formula is C23H33ClN2O2S. The number of nitrogens with zero attached hydrogens (tertiary/aromatic N) is 2. The van der Waals surface area contributed by atoms with Gasteiger partial charge in [0.05, 0.1) is 22.4 Å². The lowest BCUT2D eigenvalue weighted by Gasteiger charge is -2.49. The number of likely N-dealkylation sites (tertiary alicyclic amines) is 1. The summed E-state index contributed by atoms with van der Waals surface area (Å²) in [5.74, 6) is 0.691. The van der Waals surface area contributed by atoms with Crippen LogP contribution in [0, 0.1) is 11.3 Å². The van der Waals surface area contributed by atoms with Crippen LogP contribution in [0.5, 0.6) is 0 Å². The average molecular weight is 437 g/mol. The van der Waals surface area contributed by atoms with Crippen molar-refractivity contribution in [2.45, 2.75) is 58.0 Å². The predicted octanol–water partition coefficient (Wildman–Crippen LogP) is 4.98. The Hall–Kier alpha value is -1.17. The fraction of sp³-hybridized carbons (Fsp3) is 0.609. The van der Waals surface area contributed by atoms with Gasteiger partial charge < -0.3 is 4.90 Å². The molecule has 160 valence electrons. The lowest BCUT2D eigenvalue weighted by atomic mass is 9.74. The van der Waals surface area contributed by atoms with Gasteiger partial charge in [-0.1, -0.05) is 43.7 Å². The van der Waals surface area contributed by atoms with Crippen LogP contribution in [0.3, 0.4) is 0 Å². The second kappa shape index (κ2) is 9.32. The van der Waals surface area contributed by atoms with E-state index in [4.69, 9.17) is 11.6 Å². The smallest absolute Gasteiger partial charge is 0.229 e. The van der Waals surface area contributed by atoms with Gasteiger partial charge in [-0.3, -0.25) is 4.79 Å². The van der Waals surface area contributed by atoms with Crippen LogP contribution in [0.4, 0.5) is 0 Å². The molecule has 1 aromatic rings. The fourth-order valence-electron chi connectivity index (χ4n) is 4.63. The Labute approximate surface area is 182 Å². The molecule has 0 bridgehead atoms. The number of piperidine rings is 1. The molecular weight excluding hydrogens is 404 g/mol. The summed E-state index contributed by atoms with van der Waals surface area (Å²) in [5.41, 5.74) is 0.718. The molecule has 2 unspecified atom stereocenters. The zero-order chi connectivity index (χ0) is 21.2. The molecule has 4 atom stereocenters. The van der Waals surface area contributed by atoms with E-state index in [-0.39, 0.29) is 18.0 Å². The summed E-state index contributed by atoms with van der Waals surface area (Å²) in [6.45, 7) is 9.36. The second-order valence-electron chi connectivity index (χ2n) is 8.68. The van der Waals surface area contributed by atoms with E-state index in [1.54, 1.807) is 6.26 Å². The summed E-state index contributed by atoms with van der Waals surface area (Å²) in [6.07, 6.45) is 8.30. The SMILES string of the molecule is C=CC[C@@]1(C)CC[C@@H](c2ccc(Cl)cc2)N(C(CN(CC)S(C)=O)C2CC2)C1=O. The minimum atomic E-state index is -1.05. The first kappa shape index (κ1) is 22.5. The van der Waals surface area contributed by atoms with Gasteiger partial charge in [-0.15, -0.1) is 6.58 Å². The van der Waals surface area contributed by atoms with E-state index in [1.807, 2.05) is 41.6 Å². The van der Waals surface area contributed by atoms with Crippen LogP contribution in [0.2, 0.25) is 5.02 Å². The number of amides is 1. The van der Waals surface area contributed by atoms with Crippen molar-refractivity contribution in [3.8, 4) is 0 Å². The highest BCUT2D eigenvalue weighted by atomic mass is 35.5. The molecule has 6 heteroatoms.